The Bertz CT molecular complexity index is 493. The highest BCUT2D eigenvalue weighted by Gasteiger charge is 2.54. The molecule has 7 nitrogen and oxygen atoms in total. The highest BCUT2D eigenvalue weighted by molar-refractivity contribution is 6.00. The Kier molecular flexibility index (Phi) is 7.70. The van der Waals surface area contributed by atoms with E-state index in [0.717, 1.165) is 38.8 Å². The van der Waals surface area contributed by atoms with E-state index in [-0.39, 0.29) is 30.1 Å². The quantitative estimate of drug-likeness (QED) is 0.635. The van der Waals surface area contributed by atoms with Gasteiger partial charge in [-0.2, -0.15) is 0 Å². The molecule has 1 spiro atoms. The Morgan fingerprint density at radius 3 is 2.54 bits per heavy atom. The maximum absolute atomic E-state index is 13.2. The van der Waals surface area contributed by atoms with Crippen molar-refractivity contribution in [2.24, 2.45) is 5.92 Å². The number of hydrogen-bond acceptors (Lipinski definition) is 5. The summed E-state index contributed by atoms with van der Waals surface area (Å²) >= 11 is 0. The van der Waals surface area contributed by atoms with Crippen LogP contribution in [0.25, 0.3) is 0 Å². The van der Waals surface area contributed by atoms with E-state index in [1.807, 2.05) is 0 Å². The fourth-order valence-corrected chi connectivity index (χ4v) is 4.38. The lowest BCUT2D eigenvalue weighted by molar-refractivity contribution is -0.164. The number of carbonyl (C=O) groups is 2. The second-order valence-electron chi connectivity index (χ2n) is 7.52. The fourth-order valence-electron chi connectivity index (χ4n) is 4.38. The first kappa shape index (κ1) is 21.4. The molecule has 0 saturated carbocycles. The van der Waals surface area contributed by atoms with Crippen LogP contribution in [-0.2, 0) is 14.3 Å². The number of rotatable bonds is 5. The summed E-state index contributed by atoms with van der Waals surface area (Å²) in [4.78, 5) is 28.0. The number of unbranched alkanes of at least 4 members (excludes halogenated alkanes) is 1. The van der Waals surface area contributed by atoms with Crippen LogP contribution in [-0.4, -0.2) is 72.4 Å². The van der Waals surface area contributed by atoms with Crippen LogP contribution in [0.15, 0.2) is 0 Å². The van der Waals surface area contributed by atoms with Gasteiger partial charge in [0.1, 0.15) is 11.6 Å². The predicted molar refractivity (Wildman–Crippen MR) is 100 cm³/mol. The molecule has 3 fully saturated rings. The number of piperidine rings is 1. The van der Waals surface area contributed by atoms with Crippen LogP contribution in [0.3, 0.4) is 0 Å². The third kappa shape index (κ3) is 4.01. The Hall–Kier alpha value is -0.890. The minimum Gasteiger partial charge on any atom is -0.390 e. The van der Waals surface area contributed by atoms with Crippen molar-refractivity contribution in [3.63, 3.8) is 0 Å². The molecule has 0 aliphatic carbocycles. The van der Waals surface area contributed by atoms with Crippen LogP contribution in [0.2, 0.25) is 0 Å². The van der Waals surface area contributed by atoms with Gasteiger partial charge in [-0.1, -0.05) is 13.3 Å². The van der Waals surface area contributed by atoms with Gasteiger partial charge in [0, 0.05) is 19.8 Å². The van der Waals surface area contributed by atoms with Gasteiger partial charge >= 0.3 is 0 Å². The first-order valence-electron chi connectivity index (χ1n) is 9.69. The number of carbonyl (C=O) groups excluding carboxylic acids is 2. The molecule has 26 heavy (non-hydrogen) atoms. The third-order valence-electron chi connectivity index (χ3n) is 6.01. The average Bonchev–Trinajstić information content (AvgIpc) is 2.66. The molecule has 0 aromatic carbocycles. The lowest BCUT2D eigenvalue weighted by Crippen LogP contribution is -2.75. The van der Waals surface area contributed by atoms with Gasteiger partial charge in [-0.25, -0.2) is 0 Å². The highest BCUT2D eigenvalue weighted by Crippen LogP contribution is 2.33. The number of ether oxygens (including phenoxy) is 1. The lowest BCUT2D eigenvalue weighted by Gasteiger charge is -2.51. The summed E-state index contributed by atoms with van der Waals surface area (Å²) in [6, 6.07) is -0.826. The van der Waals surface area contributed by atoms with E-state index in [1.54, 1.807) is 4.90 Å². The van der Waals surface area contributed by atoms with Gasteiger partial charge in [0.15, 0.2) is 0 Å². The van der Waals surface area contributed by atoms with Crippen LogP contribution >= 0.6 is 12.4 Å². The Balaban J connectivity index is 0.00000243. The summed E-state index contributed by atoms with van der Waals surface area (Å²) in [5.41, 5.74) is -0.747. The van der Waals surface area contributed by atoms with Crippen molar-refractivity contribution >= 4 is 24.2 Å². The first-order valence-corrected chi connectivity index (χ1v) is 9.69. The zero-order valence-corrected chi connectivity index (χ0v) is 16.4. The minimum absolute atomic E-state index is 0. The van der Waals surface area contributed by atoms with Gasteiger partial charge in [0.25, 0.3) is 0 Å². The van der Waals surface area contributed by atoms with Crippen LogP contribution in [0.1, 0.15) is 45.4 Å². The first-order chi connectivity index (χ1) is 12.1. The molecular weight excluding hydrogens is 358 g/mol. The molecule has 0 aromatic heterocycles. The molecule has 2 atom stereocenters. The molecular formula is C18H32ClN3O4. The number of aliphatic hydroxyl groups excluding tert-OH is 1. The van der Waals surface area contributed by atoms with E-state index in [1.165, 1.54) is 0 Å². The standard InChI is InChI=1S/C18H31N3O4.ClH/c1-2-3-10-21-16(23)14(15(22)13-4-11-25-12-5-13)20-17(24)18(21)6-8-19-9-7-18;/h13-15,19,22H,2-12H2,1H3,(H,20,24);1H/t14-,15-;/m1./s1. The molecule has 2 amide bonds. The Morgan fingerprint density at radius 1 is 1.27 bits per heavy atom. The summed E-state index contributed by atoms with van der Waals surface area (Å²) in [5, 5.41) is 16.9. The Labute approximate surface area is 161 Å². The number of aliphatic hydroxyl groups is 1. The second-order valence-corrected chi connectivity index (χ2v) is 7.52. The highest BCUT2D eigenvalue weighted by atomic mass is 35.5. The van der Waals surface area contributed by atoms with Gasteiger partial charge in [-0.05, 0) is 51.1 Å². The van der Waals surface area contributed by atoms with Crippen molar-refractivity contribution in [1.82, 2.24) is 15.5 Å². The molecule has 3 rings (SSSR count). The zero-order chi connectivity index (χ0) is 17.9. The van der Waals surface area contributed by atoms with Gasteiger partial charge in [0.2, 0.25) is 11.8 Å². The molecule has 3 heterocycles. The number of amides is 2. The van der Waals surface area contributed by atoms with Crippen molar-refractivity contribution in [1.29, 1.82) is 0 Å². The zero-order valence-electron chi connectivity index (χ0n) is 15.5. The molecule has 3 aliphatic heterocycles. The van der Waals surface area contributed by atoms with Crippen LogP contribution in [0.4, 0.5) is 0 Å². The number of halogens is 1. The molecule has 0 aromatic rings. The van der Waals surface area contributed by atoms with Crippen LogP contribution in [0.5, 0.6) is 0 Å². The van der Waals surface area contributed by atoms with Gasteiger partial charge in [-0.15, -0.1) is 12.4 Å². The largest absolute Gasteiger partial charge is 0.390 e. The lowest BCUT2D eigenvalue weighted by atomic mass is 9.80. The molecule has 3 saturated heterocycles. The molecule has 3 aliphatic rings. The predicted octanol–water partition coefficient (Wildman–Crippen LogP) is 0.445. The monoisotopic (exact) mass is 389 g/mol. The summed E-state index contributed by atoms with van der Waals surface area (Å²) < 4.78 is 5.35. The molecule has 0 radical (unpaired) electrons. The van der Waals surface area contributed by atoms with Crippen molar-refractivity contribution < 1.29 is 19.4 Å². The van der Waals surface area contributed by atoms with Crippen molar-refractivity contribution in [2.75, 3.05) is 32.8 Å². The molecule has 0 bridgehead atoms. The maximum atomic E-state index is 13.2. The Morgan fingerprint density at radius 2 is 1.92 bits per heavy atom. The van der Waals surface area contributed by atoms with E-state index < -0.39 is 17.7 Å². The number of nitrogens with one attached hydrogen (secondary N) is 2. The third-order valence-corrected chi connectivity index (χ3v) is 6.01. The summed E-state index contributed by atoms with van der Waals surface area (Å²) in [6.45, 7) is 5.34. The number of piperazine rings is 1. The number of hydrogen-bond donors (Lipinski definition) is 3. The van der Waals surface area contributed by atoms with Gasteiger partial charge in [0.05, 0.1) is 6.10 Å². The SMILES string of the molecule is CCCCN1C(=O)[C@@H]([C@H](O)C2CCOCC2)NC(=O)C12CCNCC2.Cl. The molecule has 3 N–H and O–H groups in total. The van der Waals surface area contributed by atoms with Gasteiger partial charge < -0.3 is 25.4 Å². The summed E-state index contributed by atoms with van der Waals surface area (Å²) in [7, 11) is 0. The normalized spacial score (nSPS) is 27.8. The maximum Gasteiger partial charge on any atom is 0.248 e. The average molecular weight is 390 g/mol. The van der Waals surface area contributed by atoms with Crippen molar-refractivity contribution in [3.8, 4) is 0 Å². The summed E-state index contributed by atoms with van der Waals surface area (Å²) in [5.74, 6) is -0.215. The summed E-state index contributed by atoms with van der Waals surface area (Å²) in [6.07, 6.45) is 3.71. The second kappa shape index (κ2) is 9.35. The fraction of sp³-hybridized carbons (Fsp3) is 0.889. The van der Waals surface area contributed by atoms with Crippen LogP contribution < -0.4 is 10.6 Å². The van der Waals surface area contributed by atoms with Crippen molar-refractivity contribution in [2.45, 2.75) is 63.1 Å². The van der Waals surface area contributed by atoms with Crippen LogP contribution in [0, 0.1) is 5.92 Å². The minimum atomic E-state index is -0.844. The van der Waals surface area contributed by atoms with Crippen molar-refractivity contribution in [3.05, 3.63) is 0 Å². The molecule has 8 heteroatoms. The van der Waals surface area contributed by atoms with E-state index in [9.17, 15) is 14.7 Å². The smallest absolute Gasteiger partial charge is 0.248 e. The molecule has 0 unspecified atom stereocenters. The van der Waals surface area contributed by atoms with E-state index in [0.29, 0.717) is 32.6 Å². The van der Waals surface area contributed by atoms with E-state index in [2.05, 4.69) is 17.6 Å². The van der Waals surface area contributed by atoms with E-state index in [4.69, 9.17) is 4.74 Å². The van der Waals surface area contributed by atoms with E-state index >= 15 is 0 Å². The van der Waals surface area contributed by atoms with Gasteiger partial charge in [-0.3, -0.25) is 9.59 Å². The topological polar surface area (TPSA) is 90.9 Å². The number of nitrogens with zero attached hydrogens (tertiary/aromatic N) is 1. The molecule has 150 valence electrons.